The summed E-state index contributed by atoms with van der Waals surface area (Å²) in [6, 6.07) is 3.24. The van der Waals surface area contributed by atoms with Crippen molar-refractivity contribution in [2.75, 3.05) is 18.9 Å². The third-order valence-electron chi connectivity index (χ3n) is 3.27. The molecule has 0 bridgehead atoms. The first-order valence-corrected chi connectivity index (χ1v) is 6.75. The second kappa shape index (κ2) is 5.75. The van der Waals surface area contributed by atoms with Crippen molar-refractivity contribution in [1.82, 2.24) is 9.88 Å². The van der Waals surface area contributed by atoms with Crippen LogP contribution in [0.4, 0.5) is 5.82 Å². The van der Waals surface area contributed by atoms with Gasteiger partial charge in [-0.1, -0.05) is 18.5 Å². The number of nitrogens with two attached hydrogens (primary N) is 1. The SMILES string of the molecule is CCC1COC(C)CN1C(=O)c1nc(N)ccc1Cl. The molecule has 0 aliphatic carbocycles. The molecule has 104 valence electrons. The number of carbonyl (C=O) groups excluding carboxylic acids is 1. The van der Waals surface area contributed by atoms with Crippen molar-refractivity contribution >= 4 is 23.3 Å². The minimum atomic E-state index is -0.181. The Balaban J connectivity index is 2.28. The van der Waals surface area contributed by atoms with Crippen molar-refractivity contribution in [3.63, 3.8) is 0 Å². The van der Waals surface area contributed by atoms with Crippen LogP contribution in [0.25, 0.3) is 0 Å². The van der Waals surface area contributed by atoms with Gasteiger partial charge in [0.1, 0.15) is 11.5 Å². The molecule has 1 aliphatic rings. The number of nitrogens with zero attached hydrogens (tertiary/aromatic N) is 2. The summed E-state index contributed by atoms with van der Waals surface area (Å²) in [4.78, 5) is 18.4. The maximum absolute atomic E-state index is 12.6. The van der Waals surface area contributed by atoms with E-state index in [1.807, 2.05) is 13.8 Å². The van der Waals surface area contributed by atoms with Gasteiger partial charge >= 0.3 is 0 Å². The number of morpholine rings is 1. The number of carbonyl (C=O) groups is 1. The van der Waals surface area contributed by atoms with Gasteiger partial charge in [-0.3, -0.25) is 4.79 Å². The van der Waals surface area contributed by atoms with Crippen LogP contribution >= 0.6 is 11.6 Å². The van der Waals surface area contributed by atoms with Crippen molar-refractivity contribution in [1.29, 1.82) is 0 Å². The number of hydrogen-bond donors (Lipinski definition) is 1. The number of aromatic nitrogens is 1. The first-order valence-electron chi connectivity index (χ1n) is 6.37. The molecule has 0 radical (unpaired) electrons. The van der Waals surface area contributed by atoms with Gasteiger partial charge in [0.2, 0.25) is 0 Å². The molecular weight excluding hydrogens is 266 g/mol. The molecule has 1 aromatic rings. The summed E-state index contributed by atoms with van der Waals surface area (Å²) < 4.78 is 5.58. The molecule has 2 N–H and O–H groups in total. The Morgan fingerprint density at radius 2 is 2.37 bits per heavy atom. The Labute approximate surface area is 117 Å². The Morgan fingerprint density at radius 1 is 1.63 bits per heavy atom. The Kier molecular flexibility index (Phi) is 4.27. The molecule has 2 unspecified atom stereocenters. The van der Waals surface area contributed by atoms with Crippen LogP contribution in [0.1, 0.15) is 30.8 Å². The predicted octanol–water partition coefficient (Wildman–Crippen LogP) is 1.96. The van der Waals surface area contributed by atoms with E-state index in [-0.39, 0.29) is 23.7 Å². The predicted molar refractivity (Wildman–Crippen MR) is 74.2 cm³/mol. The average molecular weight is 284 g/mol. The molecule has 19 heavy (non-hydrogen) atoms. The van der Waals surface area contributed by atoms with Crippen molar-refractivity contribution in [2.45, 2.75) is 32.4 Å². The maximum atomic E-state index is 12.6. The maximum Gasteiger partial charge on any atom is 0.274 e. The second-order valence-corrected chi connectivity index (χ2v) is 5.14. The van der Waals surface area contributed by atoms with E-state index in [9.17, 15) is 4.79 Å². The minimum absolute atomic E-state index is 0.0200. The Morgan fingerprint density at radius 3 is 3.05 bits per heavy atom. The van der Waals surface area contributed by atoms with E-state index in [1.54, 1.807) is 17.0 Å². The summed E-state index contributed by atoms with van der Waals surface area (Å²) in [5.41, 5.74) is 5.84. The smallest absolute Gasteiger partial charge is 0.274 e. The highest BCUT2D eigenvalue weighted by atomic mass is 35.5. The number of halogens is 1. The summed E-state index contributed by atoms with van der Waals surface area (Å²) in [5.74, 6) is 0.112. The van der Waals surface area contributed by atoms with Crippen molar-refractivity contribution in [2.24, 2.45) is 0 Å². The molecule has 0 aromatic carbocycles. The molecule has 0 saturated carbocycles. The zero-order valence-corrected chi connectivity index (χ0v) is 11.9. The number of amides is 1. The topological polar surface area (TPSA) is 68.5 Å². The Hall–Kier alpha value is -1.33. The van der Waals surface area contributed by atoms with Crippen LogP contribution in [0, 0.1) is 0 Å². The van der Waals surface area contributed by atoms with E-state index in [0.717, 1.165) is 6.42 Å². The van der Waals surface area contributed by atoms with Gasteiger partial charge in [-0.15, -0.1) is 0 Å². The molecule has 2 atom stereocenters. The van der Waals surface area contributed by atoms with Crippen LogP contribution in [0.3, 0.4) is 0 Å². The van der Waals surface area contributed by atoms with Gasteiger partial charge in [-0.25, -0.2) is 4.98 Å². The molecule has 0 spiro atoms. The molecule has 5 nitrogen and oxygen atoms in total. The second-order valence-electron chi connectivity index (χ2n) is 4.73. The minimum Gasteiger partial charge on any atom is -0.384 e. The largest absolute Gasteiger partial charge is 0.384 e. The highest BCUT2D eigenvalue weighted by Crippen LogP contribution is 2.22. The first-order chi connectivity index (χ1) is 9.02. The van der Waals surface area contributed by atoms with Gasteiger partial charge in [-0.2, -0.15) is 0 Å². The van der Waals surface area contributed by atoms with E-state index < -0.39 is 0 Å². The zero-order valence-electron chi connectivity index (χ0n) is 11.1. The van der Waals surface area contributed by atoms with Crippen molar-refractivity contribution in [3.05, 3.63) is 22.8 Å². The highest BCUT2D eigenvalue weighted by Gasteiger charge is 2.31. The van der Waals surface area contributed by atoms with Crippen LogP contribution in [0.15, 0.2) is 12.1 Å². The van der Waals surface area contributed by atoms with Crippen LogP contribution in [0.2, 0.25) is 5.02 Å². The molecule has 2 rings (SSSR count). The molecular formula is C13H18ClN3O2. The fraction of sp³-hybridized carbons (Fsp3) is 0.538. The van der Waals surface area contributed by atoms with E-state index in [1.165, 1.54) is 0 Å². The van der Waals surface area contributed by atoms with Gasteiger partial charge in [0.25, 0.3) is 5.91 Å². The number of nitrogen functional groups attached to an aromatic ring is 1. The molecule has 1 fully saturated rings. The Bertz CT molecular complexity index is 481. The van der Waals surface area contributed by atoms with E-state index >= 15 is 0 Å². The lowest BCUT2D eigenvalue weighted by Crippen LogP contribution is -2.51. The molecule has 1 aromatic heterocycles. The summed E-state index contributed by atoms with van der Waals surface area (Å²) in [6.45, 7) is 5.06. The zero-order chi connectivity index (χ0) is 14.0. The summed E-state index contributed by atoms with van der Waals surface area (Å²) in [7, 11) is 0. The standard InChI is InChI=1S/C13H18ClN3O2/c1-3-9-7-19-8(2)6-17(9)13(18)12-10(14)4-5-11(15)16-12/h4-5,8-9H,3,6-7H2,1-2H3,(H2,15,16). The molecule has 1 saturated heterocycles. The number of rotatable bonds is 2. The number of pyridine rings is 1. The van der Waals surface area contributed by atoms with E-state index in [2.05, 4.69) is 4.98 Å². The summed E-state index contributed by atoms with van der Waals surface area (Å²) in [6.07, 6.45) is 0.852. The number of ether oxygens (including phenoxy) is 1. The first kappa shape index (κ1) is 14.1. The number of hydrogen-bond acceptors (Lipinski definition) is 4. The van der Waals surface area contributed by atoms with Crippen LogP contribution in [-0.2, 0) is 4.74 Å². The normalized spacial score (nSPS) is 23.4. The van der Waals surface area contributed by atoms with Gasteiger partial charge < -0.3 is 15.4 Å². The van der Waals surface area contributed by atoms with Gasteiger partial charge in [-0.05, 0) is 25.5 Å². The lowest BCUT2D eigenvalue weighted by atomic mass is 10.1. The lowest BCUT2D eigenvalue weighted by Gasteiger charge is -2.38. The van der Waals surface area contributed by atoms with E-state index in [4.69, 9.17) is 22.1 Å². The van der Waals surface area contributed by atoms with Crippen LogP contribution < -0.4 is 5.73 Å². The third-order valence-corrected chi connectivity index (χ3v) is 3.57. The third kappa shape index (κ3) is 2.98. The van der Waals surface area contributed by atoms with Crippen LogP contribution in [0.5, 0.6) is 0 Å². The molecule has 6 heteroatoms. The van der Waals surface area contributed by atoms with Gasteiger partial charge in [0.05, 0.1) is 23.8 Å². The summed E-state index contributed by atoms with van der Waals surface area (Å²) >= 11 is 6.04. The molecule has 2 heterocycles. The fourth-order valence-corrected chi connectivity index (χ4v) is 2.36. The summed E-state index contributed by atoms with van der Waals surface area (Å²) in [5, 5.41) is 0.327. The van der Waals surface area contributed by atoms with Gasteiger partial charge in [0, 0.05) is 6.54 Å². The van der Waals surface area contributed by atoms with Crippen molar-refractivity contribution in [3.8, 4) is 0 Å². The lowest BCUT2D eigenvalue weighted by molar-refractivity contribution is -0.0445. The highest BCUT2D eigenvalue weighted by molar-refractivity contribution is 6.33. The monoisotopic (exact) mass is 283 g/mol. The van der Waals surface area contributed by atoms with Crippen molar-refractivity contribution < 1.29 is 9.53 Å². The van der Waals surface area contributed by atoms with Crippen LogP contribution in [-0.4, -0.2) is 41.1 Å². The fourth-order valence-electron chi connectivity index (χ4n) is 2.17. The number of anilines is 1. The average Bonchev–Trinajstić information content (AvgIpc) is 2.40. The molecule has 1 aliphatic heterocycles. The van der Waals surface area contributed by atoms with E-state index in [0.29, 0.717) is 24.0 Å². The quantitative estimate of drug-likeness (QED) is 0.901. The molecule has 1 amide bonds. The van der Waals surface area contributed by atoms with Gasteiger partial charge in [0.15, 0.2) is 0 Å².